The summed E-state index contributed by atoms with van der Waals surface area (Å²) in [7, 11) is -2.58. The van der Waals surface area contributed by atoms with Gasteiger partial charge in [-0.2, -0.15) is 0 Å². The second-order valence-electron chi connectivity index (χ2n) is 9.75. The Morgan fingerprint density at radius 1 is 1.06 bits per heavy atom. The van der Waals surface area contributed by atoms with Crippen molar-refractivity contribution in [1.82, 2.24) is 4.98 Å². The highest BCUT2D eigenvalue weighted by Gasteiger charge is 2.54. The van der Waals surface area contributed by atoms with E-state index in [2.05, 4.69) is 42.3 Å². The largest absolute Gasteiger partial charge is 0.507 e. The standard InChI is InChI=1S/C27H41N2O2P/c1-7-15-32(31,16-8-2)27(23-17-19(3)26(30)20(4)18-23)14-10-9-11-25(27)29-24-13-12-21(5)28-22(24)6/h12-13,17-18,25,29-30H,7-11,14-16H2,1-6H3. The van der Waals surface area contributed by atoms with Crippen molar-refractivity contribution in [3.05, 3.63) is 52.3 Å². The maximum absolute atomic E-state index is 15.0. The van der Waals surface area contributed by atoms with Crippen molar-refractivity contribution in [2.24, 2.45) is 0 Å². The Morgan fingerprint density at radius 2 is 1.69 bits per heavy atom. The third-order valence-electron chi connectivity index (χ3n) is 7.32. The van der Waals surface area contributed by atoms with Gasteiger partial charge in [0, 0.05) is 24.1 Å². The molecule has 5 heteroatoms. The maximum Gasteiger partial charge on any atom is 0.121 e. The first-order valence-corrected chi connectivity index (χ1v) is 14.4. The number of aromatic nitrogens is 1. The van der Waals surface area contributed by atoms with E-state index in [1.54, 1.807) is 0 Å². The average Bonchev–Trinajstić information content (AvgIpc) is 2.74. The van der Waals surface area contributed by atoms with E-state index in [1.165, 1.54) is 0 Å². The lowest BCUT2D eigenvalue weighted by molar-refractivity contribution is 0.344. The Labute approximate surface area is 194 Å². The monoisotopic (exact) mass is 456 g/mol. The molecular formula is C27H41N2O2P. The lowest BCUT2D eigenvalue weighted by atomic mass is 9.77. The summed E-state index contributed by atoms with van der Waals surface area (Å²) in [4.78, 5) is 4.67. The molecule has 1 aliphatic carbocycles. The molecule has 0 amide bonds. The van der Waals surface area contributed by atoms with Crippen LogP contribution in [0.15, 0.2) is 24.3 Å². The van der Waals surface area contributed by atoms with Crippen molar-refractivity contribution in [1.29, 1.82) is 0 Å². The number of phenolic OH excluding ortho intramolecular Hbond substituents is 1. The van der Waals surface area contributed by atoms with E-state index in [-0.39, 0.29) is 6.04 Å². The van der Waals surface area contributed by atoms with E-state index in [0.717, 1.165) is 84.6 Å². The number of nitrogens with one attached hydrogen (secondary N) is 1. The number of anilines is 1. The number of hydrogen-bond acceptors (Lipinski definition) is 4. The SMILES string of the molecule is CCCP(=O)(CCC)C1(c2cc(C)c(O)c(C)c2)CCCCC1Nc1ccc(C)nc1C. The van der Waals surface area contributed by atoms with Gasteiger partial charge in [-0.3, -0.25) is 4.98 Å². The molecule has 0 saturated heterocycles. The van der Waals surface area contributed by atoms with Crippen LogP contribution in [-0.2, 0) is 9.72 Å². The molecule has 2 aromatic rings. The molecule has 1 heterocycles. The van der Waals surface area contributed by atoms with Crippen LogP contribution in [0.25, 0.3) is 0 Å². The molecule has 2 atom stereocenters. The molecule has 0 bridgehead atoms. The summed E-state index contributed by atoms with van der Waals surface area (Å²) in [6, 6.07) is 8.47. The van der Waals surface area contributed by atoms with Crippen molar-refractivity contribution in [3.63, 3.8) is 0 Å². The number of phenols is 1. The Balaban J connectivity index is 2.24. The second kappa shape index (κ2) is 10.00. The van der Waals surface area contributed by atoms with Gasteiger partial charge in [-0.25, -0.2) is 0 Å². The Morgan fingerprint density at radius 3 is 2.25 bits per heavy atom. The van der Waals surface area contributed by atoms with Crippen molar-refractivity contribution in [2.75, 3.05) is 17.6 Å². The Kier molecular flexibility index (Phi) is 7.76. The lowest BCUT2D eigenvalue weighted by Crippen LogP contribution is -2.48. The van der Waals surface area contributed by atoms with Crippen LogP contribution in [-0.4, -0.2) is 28.5 Å². The van der Waals surface area contributed by atoms with E-state index in [1.807, 2.05) is 33.8 Å². The molecule has 1 aromatic heterocycles. The Bertz CT molecular complexity index is 970. The number of benzene rings is 1. The van der Waals surface area contributed by atoms with Crippen LogP contribution >= 0.6 is 7.14 Å². The van der Waals surface area contributed by atoms with Gasteiger partial charge in [0.1, 0.15) is 5.75 Å². The van der Waals surface area contributed by atoms with Crippen LogP contribution < -0.4 is 5.32 Å². The summed E-state index contributed by atoms with van der Waals surface area (Å²) < 4.78 is 15.0. The Hall–Kier alpha value is -1.80. The molecule has 0 aliphatic heterocycles. The van der Waals surface area contributed by atoms with Crippen LogP contribution in [0.5, 0.6) is 5.75 Å². The van der Waals surface area contributed by atoms with Gasteiger partial charge < -0.3 is 15.0 Å². The summed E-state index contributed by atoms with van der Waals surface area (Å²) in [5.74, 6) is 0.351. The molecule has 2 N–H and O–H groups in total. The first-order chi connectivity index (χ1) is 15.2. The summed E-state index contributed by atoms with van der Waals surface area (Å²) in [5, 5.41) is 13.9. The quantitative estimate of drug-likeness (QED) is 0.405. The number of aryl methyl sites for hydroxylation is 4. The molecule has 2 unspecified atom stereocenters. The molecule has 0 spiro atoms. The summed E-state index contributed by atoms with van der Waals surface area (Å²) in [6.07, 6.45) is 7.51. The second-order valence-corrected chi connectivity index (χ2v) is 13.2. The van der Waals surface area contributed by atoms with Crippen LogP contribution in [0.2, 0.25) is 0 Å². The van der Waals surface area contributed by atoms with Gasteiger partial charge in [0.2, 0.25) is 0 Å². The van der Waals surface area contributed by atoms with Crippen LogP contribution in [0.4, 0.5) is 5.69 Å². The lowest BCUT2D eigenvalue weighted by Gasteiger charge is -2.50. The van der Waals surface area contributed by atoms with Crippen LogP contribution in [0.1, 0.15) is 80.5 Å². The molecule has 4 nitrogen and oxygen atoms in total. The van der Waals surface area contributed by atoms with E-state index < -0.39 is 12.3 Å². The van der Waals surface area contributed by atoms with E-state index in [9.17, 15) is 5.11 Å². The first kappa shape index (κ1) is 24.8. The fraction of sp³-hybridized carbons (Fsp3) is 0.593. The van der Waals surface area contributed by atoms with E-state index in [4.69, 9.17) is 0 Å². The maximum atomic E-state index is 15.0. The minimum atomic E-state index is -2.58. The molecule has 1 fully saturated rings. The van der Waals surface area contributed by atoms with Gasteiger partial charge in [0.05, 0.1) is 23.7 Å². The minimum Gasteiger partial charge on any atom is -0.507 e. The topological polar surface area (TPSA) is 62.2 Å². The van der Waals surface area contributed by atoms with E-state index in [0.29, 0.717) is 5.75 Å². The normalized spacial score (nSPS) is 21.5. The minimum absolute atomic E-state index is 0.0757. The number of pyridine rings is 1. The zero-order valence-electron chi connectivity index (χ0n) is 20.8. The first-order valence-electron chi connectivity index (χ1n) is 12.3. The average molecular weight is 457 g/mol. The predicted octanol–water partition coefficient (Wildman–Crippen LogP) is 7.45. The molecule has 1 saturated carbocycles. The van der Waals surface area contributed by atoms with Gasteiger partial charge in [-0.15, -0.1) is 0 Å². The van der Waals surface area contributed by atoms with Gasteiger partial charge in [-0.05, 0) is 82.2 Å². The van der Waals surface area contributed by atoms with Crippen molar-refractivity contribution in [3.8, 4) is 5.75 Å². The fourth-order valence-corrected chi connectivity index (χ4v) is 10.3. The predicted molar refractivity (Wildman–Crippen MR) is 137 cm³/mol. The fourth-order valence-electron chi connectivity index (χ4n) is 5.88. The molecular weight excluding hydrogens is 415 g/mol. The molecule has 176 valence electrons. The molecule has 0 radical (unpaired) electrons. The highest BCUT2D eigenvalue weighted by atomic mass is 31.2. The molecule has 32 heavy (non-hydrogen) atoms. The summed E-state index contributed by atoms with van der Waals surface area (Å²) >= 11 is 0. The van der Waals surface area contributed by atoms with E-state index >= 15 is 4.57 Å². The molecule has 1 aliphatic rings. The smallest absolute Gasteiger partial charge is 0.121 e. The third kappa shape index (κ3) is 4.49. The van der Waals surface area contributed by atoms with Gasteiger partial charge in [0.15, 0.2) is 0 Å². The van der Waals surface area contributed by atoms with Crippen LogP contribution in [0.3, 0.4) is 0 Å². The van der Waals surface area contributed by atoms with Gasteiger partial charge in [0.25, 0.3) is 0 Å². The highest BCUT2D eigenvalue weighted by molar-refractivity contribution is 7.65. The third-order valence-corrected chi connectivity index (χ3v) is 11.9. The highest BCUT2D eigenvalue weighted by Crippen LogP contribution is 2.69. The molecule has 1 aromatic carbocycles. The number of hydrogen-bond donors (Lipinski definition) is 2. The van der Waals surface area contributed by atoms with Gasteiger partial charge in [-0.1, -0.05) is 38.8 Å². The van der Waals surface area contributed by atoms with Crippen LogP contribution in [0, 0.1) is 27.7 Å². The van der Waals surface area contributed by atoms with Crippen molar-refractivity contribution >= 4 is 12.8 Å². The van der Waals surface area contributed by atoms with Gasteiger partial charge >= 0.3 is 0 Å². The summed E-state index contributed by atoms with van der Waals surface area (Å²) in [5.41, 5.74) is 5.93. The van der Waals surface area contributed by atoms with Crippen molar-refractivity contribution < 1.29 is 9.67 Å². The number of aromatic hydroxyl groups is 1. The zero-order chi connectivity index (χ0) is 23.5. The van der Waals surface area contributed by atoms with Crippen molar-refractivity contribution in [2.45, 2.75) is 91.3 Å². The number of rotatable bonds is 8. The zero-order valence-corrected chi connectivity index (χ0v) is 21.7. The number of nitrogens with zero attached hydrogens (tertiary/aromatic N) is 1. The molecule has 3 rings (SSSR count). The summed E-state index contributed by atoms with van der Waals surface area (Å²) in [6.45, 7) is 12.3.